The van der Waals surface area contributed by atoms with E-state index in [4.69, 9.17) is 0 Å². The van der Waals surface area contributed by atoms with E-state index in [1.165, 1.54) is 0 Å². The topological polar surface area (TPSA) is 57.8 Å². The van der Waals surface area contributed by atoms with Gasteiger partial charge >= 0.3 is 0 Å². The van der Waals surface area contributed by atoms with Crippen molar-refractivity contribution in [3.8, 4) is 0 Å². The summed E-state index contributed by atoms with van der Waals surface area (Å²) in [5.74, 6) is 0.340. The minimum Gasteiger partial charge on any atom is -0.354 e. The normalized spacial score (nSPS) is 7.96. The smallest absolute Gasteiger partial charge is 0.273 e. The molecule has 2 N–H and O–H groups in total. The van der Waals surface area contributed by atoms with Crippen LogP contribution in [0.2, 0.25) is 0 Å². The van der Waals surface area contributed by atoms with E-state index < -0.39 is 0 Å². The molecule has 25 heavy (non-hydrogen) atoms. The number of pyridine rings is 1. The number of carbonyl (C=O) groups excluding carboxylic acids is 1. The molecule has 4 nitrogen and oxygen atoms in total. The van der Waals surface area contributed by atoms with Crippen molar-refractivity contribution in [2.45, 2.75) is 34.6 Å². The van der Waals surface area contributed by atoms with Gasteiger partial charge in [-0.1, -0.05) is 46.9 Å². The van der Waals surface area contributed by atoms with Gasteiger partial charge in [0.15, 0.2) is 0 Å². The lowest BCUT2D eigenvalue weighted by molar-refractivity contribution is 0.102. The van der Waals surface area contributed by atoms with Gasteiger partial charge < -0.3 is 10.3 Å². The van der Waals surface area contributed by atoms with Crippen LogP contribution in [0.3, 0.4) is 0 Å². The molecule has 0 aliphatic rings. The van der Waals surface area contributed by atoms with Gasteiger partial charge in [0.2, 0.25) is 0 Å². The fourth-order valence-electron chi connectivity index (χ4n) is 1.73. The summed E-state index contributed by atoms with van der Waals surface area (Å²) in [5, 5.41) is 2.73. The number of H-pyrrole nitrogens is 1. The second kappa shape index (κ2) is 17.8. The zero-order valence-electron chi connectivity index (χ0n) is 15.0. The van der Waals surface area contributed by atoms with Crippen molar-refractivity contribution in [1.29, 1.82) is 0 Å². The van der Waals surface area contributed by atoms with E-state index >= 15 is 0 Å². The molecule has 2 aromatic heterocycles. The molecule has 0 spiro atoms. The predicted octanol–water partition coefficient (Wildman–Crippen LogP) is 5.70. The van der Waals surface area contributed by atoms with E-state index in [2.05, 4.69) is 21.9 Å². The zero-order chi connectivity index (χ0) is 19.0. The summed E-state index contributed by atoms with van der Waals surface area (Å²) in [6, 6.07) is 7.17. The minimum atomic E-state index is -0.198. The largest absolute Gasteiger partial charge is 0.354 e. The summed E-state index contributed by atoms with van der Waals surface area (Å²) in [4.78, 5) is 19.1. The Kier molecular flexibility index (Phi) is 19.5. The molecule has 0 radical (unpaired) electrons. The number of aryl methyl sites for hydroxylation is 1. The molecule has 0 fully saturated rings. The molecule has 1 amide bonds. The highest BCUT2D eigenvalue weighted by molar-refractivity contribution is 6.02. The highest BCUT2D eigenvalue weighted by Crippen LogP contribution is 2.14. The highest BCUT2D eigenvalue weighted by Gasteiger charge is 2.11. The van der Waals surface area contributed by atoms with Gasteiger partial charge in [-0.2, -0.15) is 0 Å². The van der Waals surface area contributed by atoms with Gasteiger partial charge in [0.25, 0.3) is 5.91 Å². The SMILES string of the molecule is C.C=Cc1cc(C(=O)Nc2ccccn2)[nH]c1CC.CC.CF.CF. The quantitative estimate of drug-likeness (QED) is 0.739. The molecule has 0 aromatic carbocycles. The molecule has 0 saturated carbocycles. The summed E-state index contributed by atoms with van der Waals surface area (Å²) in [6.45, 7) is 9.76. The molecule has 0 aliphatic carbocycles. The van der Waals surface area contributed by atoms with Crippen molar-refractivity contribution >= 4 is 17.8 Å². The van der Waals surface area contributed by atoms with Crippen molar-refractivity contribution in [1.82, 2.24) is 9.97 Å². The average molecular weight is 355 g/mol. The van der Waals surface area contributed by atoms with E-state index in [1.807, 2.05) is 26.8 Å². The van der Waals surface area contributed by atoms with Crippen LogP contribution in [0.1, 0.15) is 49.9 Å². The van der Waals surface area contributed by atoms with Gasteiger partial charge in [0.05, 0.1) is 14.4 Å². The predicted molar refractivity (Wildman–Crippen MR) is 105 cm³/mol. The van der Waals surface area contributed by atoms with Crippen molar-refractivity contribution in [2.75, 3.05) is 19.7 Å². The Morgan fingerprint density at radius 1 is 1.28 bits per heavy atom. The molecule has 0 bridgehead atoms. The number of halogens is 2. The number of carbonyl (C=O) groups is 1. The Hall–Kier alpha value is -2.50. The minimum absolute atomic E-state index is 0. The average Bonchev–Trinajstić information content (AvgIpc) is 3.11. The summed E-state index contributed by atoms with van der Waals surface area (Å²) in [6.07, 6.45) is 4.21. The molecule has 0 saturated heterocycles. The van der Waals surface area contributed by atoms with Gasteiger partial charge in [-0.25, -0.2) is 4.98 Å². The molecular formula is C19H31F2N3O. The van der Waals surface area contributed by atoms with Crippen LogP contribution in [0.4, 0.5) is 14.6 Å². The van der Waals surface area contributed by atoms with Crippen LogP contribution in [0.5, 0.6) is 0 Å². The number of aromatic amines is 1. The molecule has 2 aromatic rings. The van der Waals surface area contributed by atoms with Crippen molar-refractivity contribution < 1.29 is 13.6 Å². The number of hydrogen-bond acceptors (Lipinski definition) is 2. The standard InChI is InChI=1S/C14H15N3O.C2H6.2CH3F.CH4/c1-3-10-9-12(16-11(10)4-2)14(18)17-13-7-5-6-8-15-13;3*1-2;/h3,5-9,16H,1,4H2,2H3,(H,15,17,18);1-2H3;2*1H3;1H4. The van der Waals surface area contributed by atoms with E-state index in [0.717, 1.165) is 17.7 Å². The van der Waals surface area contributed by atoms with Gasteiger partial charge in [-0.05, 0) is 30.2 Å². The van der Waals surface area contributed by atoms with Gasteiger partial charge in [-0.3, -0.25) is 13.6 Å². The lowest BCUT2D eigenvalue weighted by atomic mass is 10.2. The second-order valence-corrected chi connectivity index (χ2v) is 3.84. The fourth-order valence-corrected chi connectivity index (χ4v) is 1.73. The number of nitrogens with one attached hydrogen (secondary N) is 2. The number of anilines is 1. The maximum atomic E-state index is 12.0. The van der Waals surface area contributed by atoms with Gasteiger partial charge in [-0.15, -0.1) is 0 Å². The lowest BCUT2D eigenvalue weighted by Gasteiger charge is -2.01. The Balaban J connectivity index is -0.000000626. The first-order valence-electron chi connectivity index (χ1n) is 7.57. The van der Waals surface area contributed by atoms with E-state index in [1.54, 1.807) is 30.5 Å². The van der Waals surface area contributed by atoms with E-state index in [9.17, 15) is 13.6 Å². The molecule has 0 aliphatic heterocycles. The summed E-state index contributed by atoms with van der Waals surface area (Å²) in [7, 11) is 1.00. The third kappa shape index (κ3) is 9.39. The monoisotopic (exact) mass is 355 g/mol. The molecular weight excluding hydrogens is 324 g/mol. The first-order valence-corrected chi connectivity index (χ1v) is 7.57. The summed E-state index contributed by atoms with van der Waals surface area (Å²) < 4.78 is 19.0. The molecule has 2 heterocycles. The highest BCUT2D eigenvalue weighted by atomic mass is 19.1. The first-order chi connectivity index (χ1) is 11.7. The number of amides is 1. The van der Waals surface area contributed by atoms with Gasteiger partial charge in [0, 0.05) is 11.9 Å². The Labute approximate surface area is 150 Å². The molecule has 0 unspecified atom stereocenters. The third-order valence-corrected chi connectivity index (χ3v) is 2.66. The second-order valence-electron chi connectivity index (χ2n) is 3.84. The van der Waals surface area contributed by atoms with Crippen LogP contribution < -0.4 is 5.32 Å². The Morgan fingerprint density at radius 3 is 2.28 bits per heavy atom. The summed E-state index contributed by atoms with van der Waals surface area (Å²) >= 11 is 0. The first kappa shape index (κ1) is 27.4. The molecule has 142 valence electrons. The van der Waals surface area contributed by atoms with Crippen LogP contribution in [0, 0.1) is 0 Å². The van der Waals surface area contributed by atoms with Crippen molar-refractivity contribution in [3.05, 3.63) is 54.0 Å². The maximum Gasteiger partial charge on any atom is 0.273 e. The maximum absolute atomic E-state index is 12.0. The number of hydrogen-bond donors (Lipinski definition) is 2. The van der Waals surface area contributed by atoms with Crippen LogP contribution in [0.25, 0.3) is 6.08 Å². The molecule has 2 rings (SSSR count). The van der Waals surface area contributed by atoms with Crippen molar-refractivity contribution in [3.63, 3.8) is 0 Å². The number of rotatable bonds is 4. The number of nitrogens with zero attached hydrogens (tertiary/aromatic N) is 1. The number of aromatic nitrogens is 2. The number of alkyl halides is 2. The molecule has 6 heteroatoms. The lowest BCUT2D eigenvalue weighted by Crippen LogP contribution is -2.13. The van der Waals surface area contributed by atoms with Crippen LogP contribution >= 0.6 is 0 Å². The van der Waals surface area contributed by atoms with E-state index in [-0.39, 0.29) is 13.3 Å². The Bertz CT molecular complexity index is 569. The van der Waals surface area contributed by atoms with E-state index in [0.29, 0.717) is 25.9 Å². The van der Waals surface area contributed by atoms with Crippen molar-refractivity contribution in [2.24, 2.45) is 0 Å². The summed E-state index contributed by atoms with van der Waals surface area (Å²) in [5.41, 5.74) is 2.49. The van der Waals surface area contributed by atoms with Gasteiger partial charge in [0.1, 0.15) is 11.5 Å². The van der Waals surface area contributed by atoms with Crippen LogP contribution in [0.15, 0.2) is 37.0 Å². The van der Waals surface area contributed by atoms with Crippen LogP contribution in [-0.2, 0) is 6.42 Å². The third-order valence-electron chi connectivity index (χ3n) is 2.66. The molecule has 0 atom stereocenters. The Morgan fingerprint density at radius 2 is 1.88 bits per heavy atom. The van der Waals surface area contributed by atoms with Crippen LogP contribution in [-0.4, -0.2) is 30.2 Å². The zero-order valence-corrected chi connectivity index (χ0v) is 15.0. The fraction of sp³-hybridized carbons (Fsp3) is 0.368.